The summed E-state index contributed by atoms with van der Waals surface area (Å²) in [4.78, 5) is 27.2. The minimum absolute atomic E-state index is 0.0572. The van der Waals surface area contributed by atoms with E-state index in [9.17, 15) is 9.59 Å². The van der Waals surface area contributed by atoms with Crippen molar-refractivity contribution in [3.8, 4) is 0 Å². The molecule has 1 saturated heterocycles. The van der Waals surface area contributed by atoms with E-state index in [4.69, 9.17) is 0 Å². The largest absolute Gasteiger partial charge is 0.356 e. The number of para-hydroxylation sites is 1. The first kappa shape index (κ1) is 19.5. The molecule has 2 fully saturated rings. The van der Waals surface area contributed by atoms with Crippen molar-refractivity contribution in [1.82, 2.24) is 4.90 Å². The number of nitrogens with zero attached hydrogens (tertiary/aromatic N) is 1. The SMILES string of the molecule is O=C(Nc1ccc(Nc2ccccc2)cc1)C1CC(=O)N(C2CCCCCC2)C1. The summed E-state index contributed by atoms with van der Waals surface area (Å²) in [5.74, 6) is -0.175. The van der Waals surface area contributed by atoms with Crippen LogP contribution in [0, 0.1) is 5.92 Å². The molecular formula is C24H29N3O2. The van der Waals surface area contributed by atoms with Gasteiger partial charge in [-0.3, -0.25) is 9.59 Å². The van der Waals surface area contributed by atoms with E-state index < -0.39 is 0 Å². The van der Waals surface area contributed by atoms with Crippen LogP contribution >= 0.6 is 0 Å². The molecule has 0 spiro atoms. The van der Waals surface area contributed by atoms with Gasteiger partial charge in [0.2, 0.25) is 11.8 Å². The Kier molecular flexibility index (Phi) is 6.13. The molecule has 1 unspecified atom stereocenters. The second-order valence-corrected chi connectivity index (χ2v) is 8.15. The summed E-state index contributed by atoms with van der Waals surface area (Å²) in [5.41, 5.74) is 2.74. The van der Waals surface area contributed by atoms with E-state index in [1.807, 2.05) is 59.5 Å². The van der Waals surface area contributed by atoms with Crippen molar-refractivity contribution in [3.63, 3.8) is 0 Å². The Balaban J connectivity index is 1.32. The molecule has 0 radical (unpaired) electrons. The second-order valence-electron chi connectivity index (χ2n) is 8.15. The number of anilines is 3. The normalized spacial score (nSPS) is 20.3. The predicted octanol–water partition coefficient (Wildman–Crippen LogP) is 4.94. The number of hydrogen-bond acceptors (Lipinski definition) is 3. The molecule has 5 nitrogen and oxygen atoms in total. The Labute approximate surface area is 172 Å². The van der Waals surface area contributed by atoms with Gasteiger partial charge in [0.05, 0.1) is 5.92 Å². The number of likely N-dealkylation sites (tertiary alicyclic amines) is 1. The summed E-state index contributed by atoms with van der Waals surface area (Å²) in [5, 5.41) is 6.31. The van der Waals surface area contributed by atoms with Crippen molar-refractivity contribution in [2.24, 2.45) is 5.92 Å². The molecule has 0 bridgehead atoms. The van der Waals surface area contributed by atoms with Gasteiger partial charge in [-0.1, -0.05) is 43.9 Å². The van der Waals surface area contributed by atoms with Gasteiger partial charge in [0, 0.05) is 36.1 Å². The van der Waals surface area contributed by atoms with Gasteiger partial charge in [0.25, 0.3) is 0 Å². The maximum atomic E-state index is 12.7. The molecule has 0 aromatic heterocycles. The summed E-state index contributed by atoms with van der Waals surface area (Å²) in [6, 6.07) is 18.0. The average Bonchev–Trinajstić information content (AvgIpc) is 2.94. The zero-order valence-electron chi connectivity index (χ0n) is 16.8. The minimum atomic E-state index is -0.257. The lowest BCUT2D eigenvalue weighted by Gasteiger charge is -2.27. The highest BCUT2D eigenvalue weighted by Gasteiger charge is 2.37. The number of rotatable bonds is 5. The van der Waals surface area contributed by atoms with Gasteiger partial charge in [-0.15, -0.1) is 0 Å². The Morgan fingerprint density at radius 1 is 0.828 bits per heavy atom. The van der Waals surface area contributed by atoms with Crippen LogP contribution in [-0.2, 0) is 9.59 Å². The van der Waals surface area contributed by atoms with Gasteiger partial charge in [0.15, 0.2) is 0 Å². The number of benzene rings is 2. The van der Waals surface area contributed by atoms with Crippen LogP contribution in [0.5, 0.6) is 0 Å². The smallest absolute Gasteiger partial charge is 0.229 e. The van der Waals surface area contributed by atoms with E-state index in [2.05, 4.69) is 10.6 Å². The highest BCUT2D eigenvalue weighted by molar-refractivity contribution is 5.97. The Bertz CT molecular complexity index is 827. The molecule has 1 saturated carbocycles. The Hall–Kier alpha value is -2.82. The maximum absolute atomic E-state index is 12.7. The lowest BCUT2D eigenvalue weighted by molar-refractivity contribution is -0.130. The van der Waals surface area contributed by atoms with E-state index in [1.54, 1.807) is 0 Å². The van der Waals surface area contributed by atoms with Crippen molar-refractivity contribution in [1.29, 1.82) is 0 Å². The third kappa shape index (κ3) is 4.97. The van der Waals surface area contributed by atoms with E-state index in [1.165, 1.54) is 25.7 Å². The lowest BCUT2D eigenvalue weighted by atomic mass is 10.1. The maximum Gasteiger partial charge on any atom is 0.229 e. The van der Waals surface area contributed by atoms with Crippen LogP contribution < -0.4 is 10.6 Å². The zero-order chi connectivity index (χ0) is 20.1. The topological polar surface area (TPSA) is 61.4 Å². The fourth-order valence-electron chi connectivity index (χ4n) is 4.40. The van der Waals surface area contributed by atoms with Gasteiger partial charge in [0.1, 0.15) is 0 Å². The molecule has 152 valence electrons. The summed E-state index contributed by atoms with van der Waals surface area (Å²) in [6.07, 6.45) is 7.39. The second kappa shape index (κ2) is 9.12. The Morgan fingerprint density at radius 2 is 1.45 bits per heavy atom. The van der Waals surface area contributed by atoms with Crippen LogP contribution in [-0.4, -0.2) is 29.3 Å². The molecule has 2 N–H and O–H groups in total. The summed E-state index contributed by atoms with van der Waals surface area (Å²) in [6.45, 7) is 0.559. The lowest BCUT2D eigenvalue weighted by Crippen LogP contribution is -2.37. The molecule has 2 aromatic carbocycles. The molecule has 1 aliphatic carbocycles. The van der Waals surface area contributed by atoms with Gasteiger partial charge in [-0.05, 0) is 49.2 Å². The summed E-state index contributed by atoms with van der Waals surface area (Å²) in [7, 11) is 0. The van der Waals surface area contributed by atoms with Gasteiger partial charge < -0.3 is 15.5 Å². The monoisotopic (exact) mass is 391 g/mol. The Morgan fingerprint density at radius 3 is 2.14 bits per heavy atom. The van der Waals surface area contributed by atoms with Crippen molar-refractivity contribution >= 4 is 28.9 Å². The molecule has 29 heavy (non-hydrogen) atoms. The molecular weight excluding hydrogens is 362 g/mol. The molecule has 1 heterocycles. The third-order valence-electron chi connectivity index (χ3n) is 6.01. The van der Waals surface area contributed by atoms with Crippen LogP contribution in [0.15, 0.2) is 54.6 Å². The van der Waals surface area contributed by atoms with Crippen LogP contribution in [0.25, 0.3) is 0 Å². The highest BCUT2D eigenvalue weighted by atomic mass is 16.2. The van der Waals surface area contributed by atoms with Gasteiger partial charge in [-0.2, -0.15) is 0 Å². The zero-order valence-corrected chi connectivity index (χ0v) is 16.8. The van der Waals surface area contributed by atoms with Gasteiger partial charge >= 0.3 is 0 Å². The van der Waals surface area contributed by atoms with Crippen molar-refractivity contribution < 1.29 is 9.59 Å². The van der Waals surface area contributed by atoms with Crippen molar-refractivity contribution in [2.45, 2.75) is 51.0 Å². The molecule has 1 atom stereocenters. The van der Waals surface area contributed by atoms with Crippen LogP contribution in [0.2, 0.25) is 0 Å². The van der Waals surface area contributed by atoms with Crippen LogP contribution in [0.1, 0.15) is 44.9 Å². The number of carbonyl (C=O) groups excluding carboxylic acids is 2. The number of hydrogen-bond donors (Lipinski definition) is 2. The van der Waals surface area contributed by atoms with E-state index in [-0.39, 0.29) is 17.7 Å². The molecule has 2 aromatic rings. The third-order valence-corrected chi connectivity index (χ3v) is 6.01. The molecule has 1 aliphatic heterocycles. The highest BCUT2D eigenvalue weighted by Crippen LogP contribution is 2.29. The fraction of sp³-hybridized carbons (Fsp3) is 0.417. The van der Waals surface area contributed by atoms with Crippen LogP contribution in [0.3, 0.4) is 0 Å². The number of carbonyl (C=O) groups is 2. The number of amides is 2. The molecule has 5 heteroatoms. The van der Waals surface area contributed by atoms with E-state index >= 15 is 0 Å². The first-order chi connectivity index (χ1) is 14.2. The summed E-state index contributed by atoms with van der Waals surface area (Å²) < 4.78 is 0. The van der Waals surface area contributed by atoms with Crippen molar-refractivity contribution in [2.75, 3.05) is 17.2 Å². The van der Waals surface area contributed by atoms with E-state index in [0.29, 0.717) is 19.0 Å². The number of nitrogens with one attached hydrogen (secondary N) is 2. The van der Waals surface area contributed by atoms with Gasteiger partial charge in [-0.25, -0.2) is 0 Å². The van der Waals surface area contributed by atoms with Crippen molar-refractivity contribution in [3.05, 3.63) is 54.6 Å². The molecule has 4 rings (SSSR count). The summed E-state index contributed by atoms with van der Waals surface area (Å²) >= 11 is 0. The first-order valence-electron chi connectivity index (χ1n) is 10.7. The van der Waals surface area contributed by atoms with Crippen LogP contribution in [0.4, 0.5) is 17.1 Å². The standard InChI is InChI=1S/C24H29N3O2/c28-23-16-18(17-27(23)22-10-6-1-2-7-11-22)24(29)26-21-14-12-20(13-15-21)25-19-8-4-3-5-9-19/h3-5,8-9,12-15,18,22,25H,1-2,6-7,10-11,16-17H2,(H,26,29). The first-order valence-corrected chi connectivity index (χ1v) is 10.7. The molecule has 2 aliphatic rings. The molecule has 2 amide bonds. The quantitative estimate of drug-likeness (QED) is 0.710. The predicted molar refractivity (Wildman–Crippen MR) is 116 cm³/mol. The fourth-order valence-corrected chi connectivity index (χ4v) is 4.40. The average molecular weight is 392 g/mol. The van der Waals surface area contributed by atoms with E-state index in [0.717, 1.165) is 29.9 Å². The minimum Gasteiger partial charge on any atom is -0.356 e.